The van der Waals surface area contributed by atoms with E-state index < -0.39 is 0 Å². The molecule has 0 saturated carbocycles. The van der Waals surface area contributed by atoms with Crippen molar-refractivity contribution in [2.75, 3.05) is 0 Å². The minimum atomic E-state index is -0.0877. The molecule has 3 rings (SSSR count). The van der Waals surface area contributed by atoms with E-state index in [-0.39, 0.29) is 11.7 Å². The third-order valence-corrected chi connectivity index (χ3v) is 5.50. The Morgan fingerprint density at radius 2 is 1.92 bits per heavy atom. The number of hydrogen-bond acceptors (Lipinski definition) is 4. The average Bonchev–Trinajstić information content (AvgIpc) is 3.26. The van der Waals surface area contributed by atoms with Gasteiger partial charge in [-0.1, -0.05) is 17.7 Å². The maximum Gasteiger partial charge on any atom is 0.251 e. The van der Waals surface area contributed by atoms with Gasteiger partial charge in [-0.3, -0.25) is 9.59 Å². The molecule has 0 fully saturated rings. The van der Waals surface area contributed by atoms with Crippen LogP contribution in [0.1, 0.15) is 41.6 Å². The lowest BCUT2D eigenvalue weighted by molar-refractivity contribution is 0.0950. The van der Waals surface area contributed by atoms with Gasteiger partial charge in [-0.25, -0.2) is 0 Å². The van der Waals surface area contributed by atoms with Crippen molar-refractivity contribution in [3.05, 3.63) is 79.2 Å². The first-order valence-corrected chi connectivity index (χ1v) is 9.31. The van der Waals surface area contributed by atoms with Gasteiger partial charge in [-0.15, -0.1) is 11.3 Å². The summed E-state index contributed by atoms with van der Waals surface area (Å²) in [5.74, 6) is -0.0522. The predicted octanol–water partition coefficient (Wildman–Crippen LogP) is 4.59. The molecule has 1 N–H and O–H groups in total. The summed E-state index contributed by atoms with van der Waals surface area (Å²) >= 11 is 2.93. The summed E-state index contributed by atoms with van der Waals surface area (Å²) in [5.41, 5.74) is 3.43. The van der Waals surface area contributed by atoms with Crippen molar-refractivity contribution in [2.45, 2.75) is 20.4 Å². The van der Waals surface area contributed by atoms with Gasteiger partial charge in [0.15, 0.2) is 0 Å². The largest absolute Gasteiger partial charge is 0.347 e. The number of aryl methyl sites for hydroxylation is 2. The smallest absolute Gasteiger partial charge is 0.251 e. The molecule has 0 bridgehead atoms. The van der Waals surface area contributed by atoms with Crippen molar-refractivity contribution in [2.24, 2.45) is 0 Å². The molecule has 0 radical (unpaired) electrons. The third-order valence-electron chi connectivity index (χ3n) is 3.73. The summed E-state index contributed by atoms with van der Waals surface area (Å²) in [7, 11) is 0. The molecule has 5 heteroatoms. The number of nitrogens with one attached hydrogen (secondary N) is 1. The molecule has 0 saturated heterocycles. The number of hydrogen-bond donors (Lipinski definition) is 1. The molecule has 0 aliphatic heterocycles. The van der Waals surface area contributed by atoms with Crippen molar-refractivity contribution < 1.29 is 9.59 Å². The van der Waals surface area contributed by atoms with Gasteiger partial charge >= 0.3 is 0 Å². The Labute approximate surface area is 149 Å². The van der Waals surface area contributed by atoms with E-state index in [2.05, 4.69) is 5.32 Å². The number of thiophene rings is 2. The highest BCUT2D eigenvalue weighted by atomic mass is 32.1. The Morgan fingerprint density at radius 1 is 1.08 bits per heavy atom. The van der Waals surface area contributed by atoms with E-state index in [4.69, 9.17) is 0 Å². The number of benzene rings is 1. The molecule has 122 valence electrons. The van der Waals surface area contributed by atoms with E-state index >= 15 is 0 Å². The Balaban J connectivity index is 1.66. The van der Waals surface area contributed by atoms with Crippen molar-refractivity contribution in [3.8, 4) is 0 Å². The van der Waals surface area contributed by atoms with E-state index in [1.54, 1.807) is 0 Å². The first kappa shape index (κ1) is 16.6. The molecule has 0 spiro atoms. The summed E-state index contributed by atoms with van der Waals surface area (Å²) in [6.07, 6.45) is 0. The molecular formula is C19H17NO2S2. The van der Waals surface area contributed by atoms with Gasteiger partial charge < -0.3 is 5.32 Å². The quantitative estimate of drug-likeness (QED) is 0.681. The first-order chi connectivity index (χ1) is 11.5. The van der Waals surface area contributed by atoms with Crippen LogP contribution < -0.4 is 5.32 Å². The molecule has 2 heterocycles. The van der Waals surface area contributed by atoms with Crippen LogP contribution in [0, 0.1) is 13.8 Å². The lowest BCUT2D eigenvalue weighted by atomic mass is 10.1. The standard InChI is InChI=1S/C19H17NO2S2/c1-12-3-4-13(2)16(9-12)19(22)20-10-15-5-6-17(24-15)18(21)14-7-8-23-11-14/h3-9,11H,10H2,1-2H3,(H,20,22). The summed E-state index contributed by atoms with van der Waals surface area (Å²) in [4.78, 5) is 26.3. The molecule has 0 unspecified atom stereocenters. The van der Waals surface area contributed by atoms with Gasteiger partial charge in [-0.2, -0.15) is 11.3 Å². The van der Waals surface area contributed by atoms with Crippen molar-refractivity contribution in [1.29, 1.82) is 0 Å². The van der Waals surface area contributed by atoms with Gasteiger partial charge in [0.2, 0.25) is 5.78 Å². The summed E-state index contributed by atoms with van der Waals surface area (Å²) in [5, 5.41) is 6.68. The predicted molar refractivity (Wildman–Crippen MR) is 99.2 cm³/mol. The molecule has 3 nitrogen and oxygen atoms in total. The maximum absolute atomic E-state index is 12.3. The van der Waals surface area contributed by atoms with Gasteiger partial charge in [0.1, 0.15) is 0 Å². The number of rotatable bonds is 5. The third kappa shape index (κ3) is 3.63. The molecule has 1 amide bonds. The number of ketones is 1. The van der Waals surface area contributed by atoms with Crippen LogP contribution in [0.5, 0.6) is 0 Å². The van der Waals surface area contributed by atoms with Crippen LogP contribution in [0.3, 0.4) is 0 Å². The molecule has 1 aromatic carbocycles. The molecule has 3 aromatic rings. The molecular weight excluding hydrogens is 338 g/mol. The first-order valence-electron chi connectivity index (χ1n) is 7.55. The fraction of sp³-hybridized carbons (Fsp3) is 0.158. The monoisotopic (exact) mass is 355 g/mol. The fourth-order valence-corrected chi connectivity index (χ4v) is 3.92. The highest BCUT2D eigenvalue weighted by molar-refractivity contribution is 7.14. The van der Waals surface area contributed by atoms with Crippen molar-refractivity contribution in [3.63, 3.8) is 0 Å². The number of carbonyl (C=O) groups is 2. The van der Waals surface area contributed by atoms with E-state index in [1.807, 2.05) is 61.0 Å². The SMILES string of the molecule is Cc1ccc(C)c(C(=O)NCc2ccc(C(=O)c3ccsc3)s2)c1. The highest BCUT2D eigenvalue weighted by Crippen LogP contribution is 2.21. The van der Waals surface area contributed by atoms with Gasteiger partial charge in [0.05, 0.1) is 11.4 Å². The van der Waals surface area contributed by atoms with Crippen LogP contribution >= 0.6 is 22.7 Å². The lowest BCUT2D eigenvalue weighted by Gasteiger charge is -2.07. The molecule has 0 atom stereocenters. The van der Waals surface area contributed by atoms with Gasteiger partial charge in [0, 0.05) is 21.4 Å². The average molecular weight is 355 g/mol. The summed E-state index contributed by atoms with van der Waals surface area (Å²) < 4.78 is 0. The zero-order chi connectivity index (χ0) is 17.1. The number of amides is 1. The normalized spacial score (nSPS) is 10.6. The zero-order valence-corrected chi connectivity index (χ0v) is 15.1. The van der Waals surface area contributed by atoms with E-state index in [0.717, 1.165) is 16.0 Å². The molecule has 2 aromatic heterocycles. The van der Waals surface area contributed by atoms with Crippen molar-refractivity contribution in [1.82, 2.24) is 5.32 Å². The Bertz CT molecular complexity index is 879. The van der Waals surface area contributed by atoms with Crippen molar-refractivity contribution >= 4 is 34.4 Å². The van der Waals surface area contributed by atoms with Crippen LogP contribution in [0.4, 0.5) is 0 Å². The second kappa shape index (κ2) is 7.11. The minimum absolute atomic E-state index is 0.0355. The molecule has 24 heavy (non-hydrogen) atoms. The van der Waals surface area contributed by atoms with E-state index in [9.17, 15) is 9.59 Å². The highest BCUT2D eigenvalue weighted by Gasteiger charge is 2.13. The summed E-state index contributed by atoms with van der Waals surface area (Å²) in [6, 6.07) is 11.4. The van der Waals surface area contributed by atoms with E-state index in [0.29, 0.717) is 22.5 Å². The Morgan fingerprint density at radius 3 is 2.67 bits per heavy atom. The zero-order valence-electron chi connectivity index (χ0n) is 13.5. The fourth-order valence-electron chi connectivity index (χ4n) is 2.37. The summed E-state index contributed by atoms with van der Waals surface area (Å²) in [6.45, 7) is 4.32. The second-order valence-corrected chi connectivity index (χ2v) is 7.56. The Kier molecular flexibility index (Phi) is 4.92. The van der Waals surface area contributed by atoms with Gasteiger partial charge in [-0.05, 0) is 49.1 Å². The van der Waals surface area contributed by atoms with Gasteiger partial charge in [0.25, 0.3) is 5.91 Å². The van der Waals surface area contributed by atoms with Crippen LogP contribution in [-0.4, -0.2) is 11.7 Å². The molecule has 0 aliphatic carbocycles. The lowest BCUT2D eigenvalue weighted by Crippen LogP contribution is -2.23. The van der Waals surface area contributed by atoms with Crippen LogP contribution in [0.25, 0.3) is 0 Å². The van der Waals surface area contributed by atoms with Crippen LogP contribution in [0.15, 0.2) is 47.2 Å². The minimum Gasteiger partial charge on any atom is -0.347 e. The molecule has 0 aliphatic rings. The van der Waals surface area contributed by atoms with E-state index in [1.165, 1.54) is 22.7 Å². The Hall–Kier alpha value is -2.24. The maximum atomic E-state index is 12.3. The number of carbonyl (C=O) groups excluding carboxylic acids is 2. The van der Waals surface area contributed by atoms with Crippen LogP contribution in [0.2, 0.25) is 0 Å². The van der Waals surface area contributed by atoms with Crippen LogP contribution in [-0.2, 0) is 6.54 Å². The topological polar surface area (TPSA) is 46.2 Å². The second-order valence-electron chi connectivity index (χ2n) is 5.61.